The summed E-state index contributed by atoms with van der Waals surface area (Å²) in [4.78, 5) is 2.57. The van der Waals surface area contributed by atoms with Gasteiger partial charge in [0.25, 0.3) is 0 Å². The van der Waals surface area contributed by atoms with Crippen LogP contribution in [0.1, 0.15) is 44.9 Å². The number of nitrogens with zero attached hydrogens (tertiary/aromatic N) is 1. The summed E-state index contributed by atoms with van der Waals surface area (Å²) in [6, 6.07) is 12.7. The smallest absolute Gasteiger partial charge is 0.208 e. The maximum atomic E-state index is 11.2. The molecule has 0 amide bonds. The fourth-order valence-electron chi connectivity index (χ4n) is 3.61. The summed E-state index contributed by atoms with van der Waals surface area (Å²) in [5.74, 6) is 0.795. The zero-order valence-corrected chi connectivity index (χ0v) is 19.6. The van der Waals surface area contributed by atoms with Crippen LogP contribution in [0.5, 0.6) is 0 Å². The van der Waals surface area contributed by atoms with E-state index in [9.17, 15) is 8.42 Å². The van der Waals surface area contributed by atoms with E-state index < -0.39 is 10.0 Å². The topological polar surface area (TPSA) is 49.4 Å². The van der Waals surface area contributed by atoms with Crippen LogP contribution in [0.3, 0.4) is 0 Å². The minimum Gasteiger partial charge on any atom is -0.326 e. The van der Waals surface area contributed by atoms with E-state index in [0.717, 1.165) is 18.8 Å². The maximum absolute atomic E-state index is 11.2. The Hall–Kier alpha value is 0.194. The normalized spacial score (nSPS) is 24.0. The summed E-state index contributed by atoms with van der Waals surface area (Å²) in [5, 5.41) is 0. The third kappa shape index (κ3) is 11.1. The Balaban J connectivity index is 0.000000410. The SMILES string of the molecule is CS(=O)(=O)NC1CCC(CCN2CC[CH-]CC2)CC1.[Y].[c-]1ccccc1. The second kappa shape index (κ2) is 13.4. The van der Waals surface area contributed by atoms with Crippen LogP contribution >= 0.6 is 0 Å². The molecule has 1 N–H and O–H groups in total. The van der Waals surface area contributed by atoms with Crippen molar-refractivity contribution in [3.8, 4) is 0 Å². The third-order valence-electron chi connectivity index (χ3n) is 4.99. The van der Waals surface area contributed by atoms with Gasteiger partial charge in [0.2, 0.25) is 10.0 Å². The van der Waals surface area contributed by atoms with Crippen molar-refractivity contribution in [2.45, 2.75) is 51.0 Å². The van der Waals surface area contributed by atoms with Gasteiger partial charge in [-0.2, -0.15) is 49.2 Å². The van der Waals surface area contributed by atoms with Gasteiger partial charge in [0, 0.05) is 38.8 Å². The van der Waals surface area contributed by atoms with Crippen molar-refractivity contribution in [2.75, 3.05) is 25.9 Å². The van der Waals surface area contributed by atoms with Gasteiger partial charge < -0.3 is 11.3 Å². The van der Waals surface area contributed by atoms with E-state index in [0.29, 0.717) is 0 Å². The van der Waals surface area contributed by atoms with E-state index in [2.05, 4.69) is 22.1 Å². The predicted octanol–water partition coefficient (Wildman–Crippen LogP) is 3.27. The molecule has 1 aliphatic carbocycles. The number of benzene rings is 1. The third-order valence-corrected chi connectivity index (χ3v) is 5.75. The molecule has 2 fully saturated rings. The van der Waals surface area contributed by atoms with Crippen molar-refractivity contribution in [2.24, 2.45) is 5.92 Å². The summed E-state index contributed by atoms with van der Waals surface area (Å²) < 4.78 is 25.1. The van der Waals surface area contributed by atoms with Crippen LogP contribution < -0.4 is 4.72 Å². The molecule has 0 bridgehead atoms. The summed E-state index contributed by atoms with van der Waals surface area (Å²) in [7, 11) is -3.03. The summed E-state index contributed by atoms with van der Waals surface area (Å²) in [6.45, 7) is 3.68. The average Bonchev–Trinajstić information content (AvgIpc) is 2.63. The molecule has 2 aliphatic rings. The molecular formula is C20H32N2O2SY-2. The van der Waals surface area contributed by atoms with Crippen molar-refractivity contribution in [1.29, 1.82) is 0 Å². The zero-order valence-electron chi connectivity index (χ0n) is 15.9. The van der Waals surface area contributed by atoms with E-state index in [-0.39, 0.29) is 38.8 Å². The van der Waals surface area contributed by atoms with Crippen LogP contribution in [-0.4, -0.2) is 45.2 Å². The number of rotatable bonds is 5. The maximum Gasteiger partial charge on any atom is 0.208 e. The molecule has 1 heterocycles. The average molecular weight is 453 g/mol. The molecule has 0 unspecified atom stereocenters. The molecule has 26 heavy (non-hydrogen) atoms. The van der Waals surface area contributed by atoms with E-state index in [4.69, 9.17) is 0 Å². The van der Waals surface area contributed by atoms with Crippen LogP contribution in [-0.2, 0) is 42.7 Å². The molecule has 0 spiro atoms. The van der Waals surface area contributed by atoms with E-state index in [1.807, 2.05) is 30.3 Å². The van der Waals surface area contributed by atoms with Crippen molar-refractivity contribution in [3.63, 3.8) is 0 Å². The number of nitrogens with one attached hydrogen (secondary N) is 1. The summed E-state index contributed by atoms with van der Waals surface area (Å²) in [6.07, 6.45) is 11.8. The van der Waals surface area contributed by atoms with Crippen LogP contribution in [0, 0.1) is 18.4 Å². The Morgan fingerprint density at radius 1 is 1.08 bits per heavy atom. The van der Waals surface area contributed by atoms with Crippen LogP contribution in [0.15, 0.2) is 30.3 Å². The monoisotopic (exact) mass is 453 g/mol. The Bertz CT molecular complexity index is 528. The molecule has 1 radical (unpaired) electrons. The quantitative estimate of drug-likeness (QED) is 0.697. The van der Waals surface area contributed by atoms with Crippen LogP contribution in [0.25, 0.3) is 0 Å². The Labute approximate surface area is 185 Å². The molecule has 0 atom stereocenters. The van der Waals surface area contributed by atoms with Gasteiger partial charge in [-0.15, -0.1) is 0 Å². The van der Waals surface area contributed by atoms with Gasteiger partial charge >= 0.3 is 0 Å². The zero-order chi connectivity index (χ0) is 18.0. The second-order valence-corrected chi connectivity index (χ2v) is 8.96. The van der Waals surface area contributed by atoms with Gasteiger partial charge in [0.1, 0.15) is 0 Å². The van der Waals surface area contributed by atoms with Gasteiger partial charge in [-0.25, -0.2) is 13.1 Å². The van der Waals surface area contributed by atoms with Gasteiger partial charge in [-0.3, -0.25) is 0 Å². The molecule has 1 aromatic rings. The number of likely N-dealkylation sites (tertiary alicyclic amines) is 1. The first kappa shape index (κ1) is 24.2. The van der Waals surface area contributed by atoms with Gasteiger partial charge in [0.05, 0.1) is 6.26 Å². The first-order valence-electron chi connectivity index (χ1n) is 9.45. The number of piperidine rings is 1. The van der Waals surface area contributed by atoms with Crippen LogP contribution in [0.4, 0.5) is 0 Å². The number of sulfonamides is 1. The minimum atomic E-state index is -3.03. The second-order valence-electron chi connectivity index (χ2n) is 7.18. The predicted molar refractivity (Wildman–Crippen MR) is 104 cm³/mol. The van der Waals surface area contributed by atoms with Gasteiger partial charge in [-0.05, 0) is 57.7 Å². The van der Waals surface area contributed by atoms with Gasteiger partial charge in [-0.1, -0.05) is 0 Å². The van der Waals surface area contributed by atoms with Crippen molar-refractivity contribution in [1.82, 2.24) is 9.62 Å². The fourth-order valence-corrected chi connectivity index (χ4v) is 4.45. The molecule has 0 aromatic heterocycles. The van der Waals surface area contributed by atoms with E-state index >= 15 is 0 Å². The Morgan fingerprint density at radius 3 is 2.15 bits per heavy atom. The Kier molecular flexibility index (Phi) is 12.5. The largest absolute Gasteiger partial charge is 0.326 e. The Morgan fingerprint density at radius 2 is 1.69 bits per heavy atom. The first-order valence-corrected chi connectivity index (χ1v) is 11.3. The number of hydrogen-bond acceptors (Lipinski definition) is 3. The molecule has 145 valence electrons. The van der Waals surface area contributed by atoms with Crippen molar-refractivity contribution >= 4 is 10.0 Å². The van der Waals surface area contributed by atoms with E-state index in [1.165, 1.54) is 58.0 Å². The molecule has 1 aliphatic heterocycles. The molecule has 1 saturated heterocycles. The molecule has 1 aromatic carbocycles. The van der Waals surface area contributed by atoms with Crippen molar-refractivity contribution in [3.05, 3.63) is 42.8 Å². The van der Waals surface area contributed by atoms with E-state index in [1.54, 1.807) is 0 Å². The molecule has 4 nitrogen and oxygen atoms in total. The fraction of sp³-hybridized carbons (Fsp3) is 0.650. The van der Waals surface area contributed by atoms with Gasteiger partial charge in [0.15, 0.2) is 0 Å². The molecular weight excluding hydrogens is 421 g/mol. The van der Waals surface area contributed by atoms with Crippen molar-refractivity contribution < 1.29 is 41.1 Å². The minimum absolute atomic E-state index is 0. The first-order chi connectivity index (χ1) is 12.0. The number of hydrogen-bond donors (Lipinski definition) is 1. The van der Waals surface area contributed by atoms with Crippen LogP contribution in [0.2, 0.25) is 0 Å². The molecule has 3 rings (SSSR count). The molecule has 6 heteroatoms. The summed E-state index contributed by atoms with van der Waals surface area (Å²) in [5.41, 5.74) is 0. The standard InChI is InChI=1S/C14H27N2O2S.C6H5.Y/c1-19(17,18)15-14-7-5-13(6-8-14)9-12-16-10-3-2-4-11-16;1-2-4-6-5-3-1;/h2,13-15H,3-12H2,1H3;1-5H;/q2*-1;. The summed E-state index contributed by atoms with van der Waals surface area (Å²) >= 11 is 0. The molecule has 1 saturated carbocycles.